The Morgan fingerprint density at radius 1 is 0.794 bits per heavy atom. The third-order valence-corrected chi connectivity index (χ3v) is 8.52. The van der Waals surface area contributed by atoms with Crippen molar-refractivity contribution in [3.63, 3.8) is 0 Å². The van der Waals surface area contributed by atoms with Crippen molar-refractivity contribution in [1.29, 1.82) is 0 Å². The molecule has 0 saturated heterocycles. The van der Waals surface area contributed by atoms with Gasteiger partial charge >= 0.3 is 5.97 Å². The predicted molar refractivity (Wildman–Crippen MR) is 135 cm³/mol. The van der Waals surface area contributed by atoms with Crippen LogP contribution in [0.1, 0.15) is 122 Å². The van der Waals surface area contributed by atoms with E-state index in [4.69, 9.17) is 4.74 Å². The van der Waals surface area contributed by atoms with Crippen molar-refractivity contribution in [2.75, 3.05) is 0 Å². The van der Waals surface area contributed by atoms with E-state index in [0.717, 1.165) is 56.8 Å². The van der Waals surface area contributed by atoms with Crippen molar-refractivity contribution >= 4 is 5.97 Å². The van der Waals surface area contributed by atoms with Crippen molar-refractivity contribution < 1.29 is 18.3 Å². The van der Waals surface area contributed by atoms with E-state index in [0.29, 0.717) is 17.9 Å². The van der Waals surface area contributed by atoms with Crippen molar-refractivity contribution in [2.45, 2.75) is 123 Å². The molecule has 0 aliphatic heterocycles. The molecule has 0 bridgehead atoms. The molecule has 0 aromatic heterocycles. The fourth-order valence-corrected chi connectivity index (χ4v) is 6.24. The lowest BCUT2D eigenvalue weighted by Crippen LogP contribution is -2.30. The number of esters is 1. The van der Waals surface area contributed by atoms with E-state index in [2.05, 4.69) is 13.8 Å². The molecule has 0 spiro atoms. The largest absolute Gasteiger partial charge is 0.423 e. The van der Waals surface area contributed by atoms with Gasteiger partial charge in [-0.1, -0.05) is 77.7 Å². The van der Waals surface area contributed by atoms with Crippen LogP contribution in [0.2, 0.25) is 0 Å². The third-order valence-electron chi connectivity index (χ3n) is 8.52. The first-order chi connectivity index (χ1) is 16.5. The summed E-state index contributed by atoms with van der Waals surface area (Å²) in [6, 6.07) is 2.98. The van der Waals surface area contributed by atoms with Gasteiger partial charge < -0.3 is 4.74 Å². The number of hydrogen-bond donors (Lipinski definition) is 0. The summed E-state index contributed by atoms with van der Waals surface area (Å²) in [5.74, 6) is -0.316. The zero-order chi connectivity index (χ0) is 24.3. The highest BCUT2D eigenvalue weighted by Gasteiger charge is 2.34. The molecule has 4 heteroatoms. The molecule has 2 fully saturated rings. The van der Waals surface area contributed by atoms with E-state index >= 15 is 0 Å². The maximum absolute atomic E-state index is 14.5. The Morgan fingerprint density at radius 2 is 1.41 bits per heavy atom. The average Bonchev–Trinajstić information content (AvgIpc) is 2.86. The first-order valence-electron chi connectivity index (χ1n) is 14.2. The van der Waals surface area contributed by atoms with Crippen LogP contribution in [-0.4, -0.2) is 5.97 Å². The van der Waals surface area contributed by atoms with E-state index in [-0.39, 0.29) is 11.7 Å². The van der Waals surface area contributed by atoms with Gasteiger partial charge in [-0.05, 0) is 80.8 Å². The highest BCUT2D eigenvalue weighted by atomic mass is 19.2. The topological polar surface area (TPSA) is 26.3 Å². The highest BCUT2D eigenvalue weighted by molar-refractivity contribution is 5.75. The van der Waals surface area contributed by atoms with E-state index in [1.54, 1.807) is 6.07 Å². The second-order valence-electron chi connectivity index (χ2n) is 11.0. The maximum Gasteiger partial charge on any atom is 0.314 e. The van der Waals surface area contributed by atoms with Crippen LogP contribution in [0.4, 0.5) is 8.78 Å². The van der Waals surface area contributed by atoms with Gasteiger partial charge in [0.1, 0.15) is 0 Å². The standard InChI is InChI=1S/C30H46F2O2/c1-3-5-7-9-10-22-12-14-23(15-13-22)24-16-18-26(19-17-24)30(33)34-27-21-20-25(11-8-6-4-2)28(31)29(27)32/h20-24,26H,3-19H2,1-2H3/t22-,23-,24-,26-. The molecule has 0 amide bonds. The number of unbranched alkanes of at least 4 members (excludes halogenated alkanes) is 5. The quantitative estimate of drug-likeness (QED) is 0.171. The molecule has 0 radical (unpaired) electrons. The van der Waals surface area contributed by atoms with Gasteiger partial charge in [0.15, 0.2) is 11.6 Å². The summed E-state index contributed by atoms with van der Waals surface area (Å²) in [5.41, 5.74) is 0.363. The fraction of sp³-hybridized carbons (Fsp3) is 0.767. The molecular formula is C30H46F2O2. The van der Waals surface area contributed by atoms with Crippen LogP contribution < -0.4 is 4.74 Å². The number of carbonyl (C=O) groups is 1. The minimum absolute atomic E-state index is 0.196. The molecule has 1 aromatic rings. The summed E-state index contributed by atoms with van der Waals surface area (Å²) in [7, 11) is 0. The van der Waals surface area contributed by atoms with Gasteiger partial charge in [0.25, 0.3) is 0 Å². The molecule has 34 heavy (non-hydrogen) atoms. The normalized spacial score (nSPS) is 25.3. The maximum atomic E-state index is 14.5. The zero-order valence-electron chi connectivity index (χ0n) is 21.6. The lowest BCUT2D eigenvalue weighted by Gasteiger charge is -2.37. The number of carbonyl (C=O) groups excluding carboxylic acids is 1. The molecule has 3 rings (SSSR count). The van der Waals surface area contributed by atoms with Crippen LogP contribution in [0.15, 0.2) is 12.1 Å². The second kappa shape index (κ2) is 14.2. The average molecular weight is 477 g/mol. The van der Waals surface area contributed by atoms with Gasteiger partial charge in [-0.2, -0.15) is 4.39 Å². The van der Waals surface area contributed by atoms with E-state index in [1.165, 1.54) is 63.9 Å². The van der Waals surface area contributed by atoms with Crippen molar-refractivity contribution in [2.24, 2.45) is 23.7 Å². The molecule has 2 aliphatic carbocycles. The van der Waals surface area contributed by atoms with Gasteiger partial charge in [0, 0.05) is 0 Å². The molecule has 0 unspecified atom stereocenters. The number of aryl methyl sites for hydroxylation is 1. The zero-order valence-corrected chi connectivity index (χ0v) is 21.6. The highest BCUT2D eigenvalue weighted by Crippen LogP contribution is 2.42. The molecule has 2 aliphatic rings. The van der Waals surface area contributed by atoms with E-state index in [1.807, 2.05) is 0 Å². The Morgan fingerprint density at radius 3 is 2.06 bits per heavy atom. The molecule has 0 atom stereocenters. The lowest BCUT2D eigenvalue weighted by molar-refractivity contribution is -0.140. The molecule has 2 nitrogen and oxygen atoms in total. The Bertz CT molecular complexity index is 746. The summed E-state index contributed by atoms with van der Waals surface area (Å²) < 4.78 is 34.2. The van der Waals surface area contributed by atoms with E-state index < -0.39 is 17.6 Å². The monoisotopic (exact) mass is 476 g/mol. The van der Waals surface area contributed by atoms with Gasteiger partial charge in [0.05, 0.1) is 5.92 Å². The number of hydrogen-bond acceptors (Lipinski definition) is 2. The van der Waals surface area contributed by atoms with Gasteiger partial charge in [0.2, 0.25) is 5.82 Å². The van der Waals surface area contributed by atoms with Crippen LogP contribution in [0.5, 0.6) is 5.75 Å². The van der Waals surface area contributed by atoms with Crippen molar-refractivity contribution in [1.82, 2.24) is 0 Å². The minimum Gasteiger partial charge on any atom is -0.423 e. The number of halogens is 2. The summed E-state index contributed by atoms with van der Waals surface area (Å²) >= 11 is 0. The van der Waals surface area contributed by atoms with Crippen molar-refractivity contribution in [3.8, 4) is 5.75 Å². The van der Waals surface area contributed by atoms with Crippen LogP contribution in [-0.2, 0) is 11.2 Å². The Hall–Kier alpha value is -1.45. The SMILES string of the molecule is CCCCCC[C@H]1CC[C@H]([C@H]2CC[C@H](C(=O)Oc3ccc(CCCCC)c(F)c3F)CC2)CC1. The van der Waals surface area contributed by atoms with Crippen LogP contribution in [0, 0.1) is 35.3 Å². The smallest absolute Gasteiger partial charge is 0.314 e. The summed E-state index contributed by atoms with van der Waals surface area (Å²) in [6.07, 6.45) is 19.4. The van der Waals surface area contributed by atoms with Crippen LogP contribution >= 0.6 is 0 Å². The number of ether oxygens (including phenoxy) is 1. The first kappa shape index (κ1) is 27.1. The van der Waals surface area contributed by atoms with Crippen LogP contribution in [0.3, 0.4) is 0 Å². The third kappa shape index (κ3) is 7.78. The first-order valence-corrected chi connectivity index (χ1v) is 14.2. The summed E-state index contributed by atoms with van der Waals surface area (Å²) in [6.45, 7) is 4.35. The van der Waals surface area contributed by atoms with Crippen LogP contribution in [0.25, 0.3) is 0 Å². The Balaban J connectivity index is 1.41. The number of benzene rings is 1. The van der Waals surface area contributed by atoms with Gasteiger partial charge in [-0.15, -0.1) is 0 Å². The molecule has 2 saturated carbocycles. The predicted octanol–water partition coefficient (Wildman–Crippen LogP) is 9.19. The van der Waals surface area contributed by atoms with Crippen molar-refractivity contribution in [3.05, 3.63) is 29.3 Å². The molecule has 1 aromatic carbocycles. The Labute approximate surface area is 206 Å². The summed E-state index contributed by atoms with van der Waals surface area (Å²) in [4.78, 5) is 12.7. The molecule has 192 valence electrons. The summed E-state index contributed by atoms with van der Waals surface area (Å²) in [5, 5.41) is 0. The lowest BCUT2D eigenvalue weighted by atomic mass is 9.68. The Kier molecular flexibility index (Phi) is 11.3. The molecular weight excluding hydrogens is 430 g/mol. The van der Waals surface area contributed by atoms with Gasteiger partial charge in [-0.3, -0.25) is 4.79 Å². The molecule has 0 heterocycles. The van der Waals surface area contributed by atoms with E-state index in [9.17, 15) is 13.6 Å². The number of rotatable bonds is 12. The second-order valence-corrected chi connectivity index (χ2v) is 11.0. The minimum atomic E-state index is -1.03. The molecule has 0 N–H and O–H groups in total. The fourth-order valence-electron chi connectivity index (χ4n) is 6.24. The van der Waals surface area contributed by atoms with Gasteiger partial charge in [-0.25, -0.2) is 4.39 Å².